The van der Waals surface area contributed by atoms with Gasteiger partial charge in [-0.05, 0) is 49.9 Å². The Morgan fingerprint density at radius 3 is 2.22 bits per heavy atom. The first kappa shape index (κ1) is 26.9. The van der Waals surface area contributed by atoms with E-state index in [0.717, 1.165) is 11.3 Å². The number of nitrogens with one attached hydrogen (secondary N) is 1. The number of benzene rings is 2. The molecule has 0 aliphatic carbocycles. The van der Waals surface area contributed by atoms with Crippen LogP contribution in [0.25, 0.3) is 11.1 Å². The number of carbonyl (C=O) groups excluding carboxylic acids is 2. The summed E-state index contributed by atoms with van der Waals surface area (Å²) in [7, 11) is -1.96. The van der Waals surface area contributed by atoms with E-state index >= 15 is 0 Å². The Hall–Kier alpha value is -3.74. The van der Waals surface area contributed by atoms with E-state index in [2.05, 4.69) is 10.8 Å². The molecule has 3 aromatic rings. The number of aromatic nitrogens is 1. The molecule has 0 amide bonds. The van der Waals surface area contributed by atoms with E-state index in [9.17, 15) is 23.3 Å². The van der Waals surface area contributed by atoms with Crippen molar-refractivity contribution < 1.29 is 22.7 Å². The maximum atomic E-state index is 12.7. The number of rotatable bonds is 10. The number of sulfonamides is 1. The second-order valence-electron chi connectivity index (χ2n) is 8.22. The molecule has 1 heterocycles. The number of ketones is 1. The van der Waals surface area contributed by atoms with Crippen molar-refractivity contribution in [2.75, 3.05) is 13.2 Å². The van der Waals surface area contributed by atoms with Crippen LogP contribution >= 0.6 is 0 Å². The van der Waals surface area contributed by atoms with Crippen LogP contribution in [0.4, 0.5) is 0 Å². The number of Topliss-reactive ketones (excluding diaryl/α,β-unsaturated/α-hetero) is 1. The van der Waals surface area contributed by atoms with Gasteiger partial charge in [-0.3, -0.25) is 4.79 Å². The summed E-state index contributed by atoms with van der Waals surface area (Å²) < 4.78 is 34.6. The van der Waals surface area contributed by atoms with Crippen molar-refractivity contribution in [1.29, 1.82) is 5.26 Å². The summed E-state index contributed by atoms with van der Waals surface area (Å²) in [6.07, 6.45) is 1.03. The van der Waals surface area contributed by atoms with E-state index in [4.69, 9.17) is 4.74 Å². The molecule has 188 valence electrons. The first-order valence-electron chi connectivity index (χ1n) is 11.6. The third-order valence-electron chi connectivity index (χ3n) is 5.95. The topological polar surface area (TPSA) is 118 Å². The molecule has 0 aliphatic heterocycles. The second-order valence-corrected chi connectivity index (χ2v) is 9.98. The first-order chi connectivity index (χ1) is 17.1. The number of hydrogen-bond donors (Lipinski definition) is 1. The van der Waals surface area contributed by atoms with Gasteiger partial charge < -0.3 is 9.30 Å². The fraction of sp³-hybridized carbons (Fsp3) is 0.296. The quantitative estimate of drug-likeness (QED) is 0.327. The Bertz CT molecular complexity index is 1410. The van der Waals surface area contributed by atoms with Crippen LogP contribution in [-0.4, -0.2) is 37.9 Å². The second kappa shape index (κ2) is 11.3. The summed E-state index contributed by atoms with van der Waals surface area (Å²) in [5.74, 6) is -0.617. The van der Waals surface area contributed by atoms with Gasteiger partial charge in [0.05, 0.1) is 17.1 Å². The molecular formula is C27H29N3O5S. The van der Waals surface area contributed by atoms with Crippen LogP contribution < -0.4 is 4.72 Å². The normalized spacial score (nSPS) is 11.2. The average molecular weight is 508 g/mol. The van der Waals surface area contributed by atoms with E-state index in [-0.39, 0.29) is 23.8 Å². The molecule has 0 fully saturated rings. The van der Waals surface area contributed by atoms with Crippen LogP contribution in [0, 0.1) is 11.3 Å². The lowest BCUT2D eigenvalue weighted by atomic mass is 9.98. The molecule has 1 N–H and O–H groups in total. The molecule has 0 bridgehead atoms. The van der Waals surface area contributed by atoms with Gasteiger partial charge in [0.25, 0.3) is 0 Å². The summed E-state index contributed by atoms with van der Waals surface area (Å²) in [5.41, 5.74) is 4.11. The van der Waals surface area contributed by atoms with Crippen LogP contribution in [0.2, 0.25) is 0 Å². The highest BCUT2D eigenvalue weighted by molar-refractivity contribution is 7.89. The van der Waals surface area contributed by atoms with Gasteiger partial charge in [-0.2, -0.15) is 5.26 Å². The lowest BCUT2D eigenvalue weighted by Gasteiger charge is -2.10. The fourth-order valence-corrected chi connectivity index (χ4v) is 5.14. The molecule has 3 rings (SSSR count). The summed E-state index contributed by atoms with van der Waals surface area (Å²) in [5, 5.41) is 9.83. The van der Waals surface area contributed by atoms with Crippen molar-refractivity contribution >= 4 is 21.8 Å². The zero-order chi connectivity index (χ0) is 26.5. The highest BCUT2D eigenvalue weighted by Crippen LogP contribution is 2.33. The van der Waals surface area contributed by atoms with Crippen LogP contribution in [0.1, 0.15) is 58.4 Å². The number of nitrogens with zero attached hydrogens (tertiary/aromatic N) is 2. The van der Waals surface area contributed by atoms with Crippen molar-refractivity contribution in [2.24, 2.45) is 7.05 Å². The average Bonchev–Trinajstić information content (AvgIpc) is 3.15. The predicted molar refractivity (Wildman–Crippen MR) is 136 cm³/mol. The van der Waals surface area contributed by atoms with E-state index in [1.807, 2.05) is 31.2 Å². The summed E-state index contributed by atoms with van der Waals surface area (Å²) in [6.45, 7) is 5.49. The molecule has 0 saturated heterocycles. The molecule has 0 atom stereocenters. The Morgan fingerprint density at radius 2 is 1.69 bits per heavy atom. The van der Waals surface area contributed by atoms with Crippen LogP contribution in [0.15, 0.2) is 53.4 Å². The predicted octanol–water partition coefficient (Wildman–Crippen LogP) is 4.03. The third kappa shape index (κ3) is 5.56. The van der Waals surface area contributed by atoms with E-state index in [1.165, 1.54) is 31.2 Å². The maximum Gasteiger partial charge on any atom is 0.355 e. The van der Waals surface area contributed by atoms with E-state index in [0.29, 0.717) is 40.8 Å². The highest BCUT2D eigenvalue weighted by atomic mass is 32.2. The van der Waals surface area contributed by atoms with E-state index in [1.54, 1.807) is 18.5 Å². The summed E-state index contributed by atoms with van der Waals surface area (Å²) >= 11 is 0. The minimum Gasteiger partial charge on any atom is -0.461 e. The molecule has 1 aromatic heterocycles. The van der Waals surface area contributed by atoms with Crippen molar-refractivity contribution in [3.63, 3.8) is 0 Å². The Labute approximate surface area is 211 Å². The lowest BCUT2D eigenvalue weighted by Crippen LogP contribution is -2.26. The molecule has 2 aromatic carbocycles. The van der Waals surface area contributed by atoms with Crippen LogP contribution in [0.3, 0.4) is 0 Å². The monoisotopic (exact) mass is 507 g/mol. The summed E-state index contributed by atoms with van der Waals surface area (Å²) in [6, 6.07) is 15.4. The lowest BCUT2D eigenvalue weighted by molar-refractivity contribution is 0.0515. The minimum absolute atomic E-state index is 0.0918. The van der Waals surface area contributed by atoms with Gasteiger partial charge in [0.2, 0.25) is 10.0 Å². The molecule has 36 heavy (non-hydrogen) atoms. The smallest absolute Gasteiger partial charge is 0.355 e. The molecule has 0 unspecified atom stereocenters. The molecule has 8 nitrogen and oxygen atoms in total. The van der Waals surface area contributed by atoms with Gasteiger partial charge >= 0.3 is 5.97 Å². The van der Waals surface area contributed by atoms with Crippen LogP contribution in [0.5, 0.6) is 0 Å². The minimum atomic E-state index is -3.71. The Balaban J connectivity index is 1.78. The van der Waals surface area contributed by atoms with Gasteiger partial charge in [-0.1, -0.05) is 43.3 Å². The zero-order valence-electron chi connectivity index (χ0n) is 20.8. The number of ether oxygens (including phenoxy) is 1. The standard InChI is InChI=1S/C27H29N3O5S/c1-5-24-23(17-28)25(26(30(24)4)27(32)35-6-2)21-9-7-19(8-10-21)15-16-29-36(33,34)22-13-11-20(12-14-22)18(3)31/h7-14,29H,5-6,15-16H2,1-4H3. The zero-order valence-corrected chi connectivity index (χ0v) is 21.6. The molecule has 0 radical (unpaired) electrons. The number of nitriles is 1. The number of esters is 1. The molecule has 0 aliphatic rings. The molecular weight excluding hydrogens is 478 g/mol. The van der Waals surface area contributed by atoms with Crippen molar-refractivity contribution in [3.8, 4) is 17.2 Å². The first-order valence-corrected chi connectivity index (χ1v) is 13.1. The van der Waals surface area contributed by atoms with Gasteiger partial charge in [0, 0.05) is 30.4 Å². The molecule has 9 heteroatoms. The number of carbonyl (C=O) groups is 2. The summed E-state index contributed by atoms with van der Waals surface area (Å²) in [4.78, 5) is 24.2. The van der Waals surface area contributed by atoms with E-state index < -0.39 is 16.0 Å². The van der Waals surface area contributed by atoms with Gasteiger partial charge in [-0.25, -0.2) is 17.9 Å². The van der Waals surface area contributed by atoms with Crippen molar-refractivity contribution in [3.05, 3.63) is 76.6 Å². The Morgan fingerprint density at radius 1 is 1.06 bits per heavy atom. The fourth-order valence-electron chi connectivity index (χ4n) is 4.11. The number of hydrogen-bond acceptors (Lipinski definition) is 6. The Kier molecular flexibility index (Phi) is 8.45. The highest BCUT2D eigenvalue weighted by Gasteiger charge is 2.26. The van der Waals surface area contributed by atoms with Gasteiger partial charge in [0.1, 0.15) is 11.8 Å². The van der Waals surface area contributed by atoms with Gasteiger partial charge in [-0.15, -0.1) is 0 Å². The van der Waals surface area contributed by atoms with Crippen molar-refractivity contribution in [2.45, 2.75) is 38.5 Å². The largest absolute Gasteiger partial charge is 0.461 e. The third-order valence-corrected chi connectivity index (χ3v) is 7.43. The maximum absolute atomic E-state index is 12.7. The molecule has 0 spiro atoms. The molecule has 0 saturated carbocycles. The van der Waals surface area contributed by atoms with Crippen molar-refractivity contribution in [1.82, 2.24) is 9.29 Å². The van der Waals surface area contributed by atoms with Gasteiger partial charge in [0.15, 0.2) is 5.78 Å². The van der Waals surface area contributed by atoms with Crippen LogP contribution in [-0.2, 0) is 34.6 Å². The SMILES string of the molecule is CCOC(=O)c1c(-c2ccc(CCNS(=O)(=O)c3ccc(C(C)=O)cc3)cc2)c(C#N)c(CC)n1C.